The number of hydrogen-bond donors (Lipinski definition) is 2. The number of nitrogens with one attached hydrogen (secondary N) is 1. The number of methoxy groups -OCH3 is 1. The predicted molar refractivity (Wildman–Crippen MR) is 106 cm³/mol. The van der Waals surface area contributed by atoms with Crippen LogP contribution in [0.1, 0.15) is 36.0 Å². The van der Waals surface area contributed by atoms with Gasteiger partial charge >= 0.3 is 5.97 Å². The molecule has 1 aliphatic heterocycles. The molecule has 0 amide bonds. The number of piperidine rings is 1. The molecule has 0 aliphatic carbocycles. The lowest BCUT2D eigenvalue weighted by molar-refractivity contribution is -0.153. The average Bonchev–Trinajstić information content (AvgIpc) is 2.72. The molecule has 146 valence electrons. The van der Waals surface area contributed by atoms with Crippen molar-refractivity contribution in [1.29, 1.82) is 0 Å². The number of ketones is 1. The lowest BCUT2D eigenvalue weighted by Gasteiger charge is -2.40. The summed E-state index contributed by atoms with van der Waals surface area (Å²) in [5.74, 6) is 2.11. The van der Waals surface area contributed by atoms with Crippen molar-refractivity contribution >= 4 is 22.7 Å². The lowest BCUT2D eigenvalue weighted by atomic mass is 9.67. The molecule has 28 heavy (non-hydrogen) atoms. The molecule has 0 unspecified atom stereocenters. The van der Waals surface area contributed by atoms with Crippen molar-refractivity contribution in [3.05, 3.63) is 36.0 Å². The number of terminal acetylenes is 1. The molecule has 3 rings (SSSR count). The van der Waals surface area contributed by atoms with Crippen LogP contribution in [0.15, 0.2) is 30.5 Å². The van der Waals surface area contributed by atoms with E-state index in [-0.39, 0.29) is 24.5 Å². The van der Waals surface area contributed by atoms with Gasteiger partial charge in [-0.05, 0) is 49.6 Å². The van der Waals surface area contributed by atoms with Gasteiger partial charge in [-0.1, -0.05) is 0 Å². The smallest absolute Gasteiger partial charge is 0.312 e. The maximum absolute atomic E-state index is 13.0. The molecule has 0 radical (unpaired) electrons. The Morgan fingerprint density at radius 1 is 1.43 bits per heavy atom. The van der Waals surface area contributed by atoms with Gasteiger partial charge in [0.25, 0.3) is 0 Å². The average molecular weight is 380 g/mol. The van der Waals surface area contributed by atoms with Crippen LogP contribution >= 0.6 is 0 Å². The van der Waals surface area contributed by atoms with E-state index >= 15 is 0 Å². The third-order valence-electron chi connectivity index (χ3n) is 5.70. The molecule has 1 aliphatic rings. The zero-order valence-electron chi connectivity index (χ0n) is 15.9. The number of carbonyl (C=O) groups is 2. The number of aliphatic carboxylic acids is 1. The van der Waals surface area contributed by atoms with Crippen LogP contribution in [0.3, 0.4) is 0 Å². The highest BCUT2D eigenvalue weighted by atomic mass is 16.5. The van der Waals surface area contributed by atoms with E-state index in [9.17, 15) is 14.7 Å². The van der Waals surface area contributed by atoms with Gasteiger partial charge in [0.2, 0.25) is 0 Å². The summed E-state index contributed by atoms with van der Waals surface area (Å²) in [6.07, 6.45) is 8.67. The van der Waals surface area contributed by atoms with Crippen molar-refractivity contribution in [2.75, 3.05) is 20.2 Å². The second-order valence-electron chi connectivity index (χ2n) is 7.21. The Morgan fingerprint density at radius 3 is 2.96 bits per heavy atom. The van der Waals surface area contributed by atoms with Gasteiger partial charge in [-0.3, -0.25) is 14.6 Å². The van der Waals surface area contributed by atoms with Crippen LogP contribution in [0.4, 0.5) is 0 Å². The van der Waals surface area contributed by atoms with Crippen molar-refractivity contribution < 1.29 is 19.4 Å². The van der Waals surface area contributed by atoms with Crippen molar-refractivity contribution in [3.8, 4) is 18.1 Å². The van der Waals surface area contributed by atoms with Gasteiger partial charge < -0.3 is 15.2 Å². The molecule has 2 aromatic rings. The minimum Gasteiger partial charge on any atom is -0.497 e. The summed E-state index contributed by atoms with van der Waals surface area (Å²) in [4.78, 5) is 29.3. The molecule has 6 nitrogen and oxygen atoms in total. The molecule has 0 bridgehead atoms. The summed E-state index contributed by atoms with van der Waals surface area (Å²) in [6.45, 7) is 1.06. The van der Waals surface area contributed by atoms with Crippen LogP contribution in [-0.2, 0) is 4.79 Å². The summed E-state index contributed by atoms with van der Waals surface area (Å²) in [7, 11) is 1.58. The SMILES string of the molecule is C#CC[C@]1(C(=O)O)CNCC[C@H]1CCC(=O)c1ccnc2ccc(OC)cc12. The van der Waals surface area contributed by atoms with Crippen LogP contribution < -0.4 is 10.1 Å². The van der Waals surface area contributed by atoms with Crippen molar-refractivity contribution in [2.45, 2.75) is 25.7 Å². The maximum Gasteiger partial charge on any atom is 0.312 e. The largest absolute Gasteiger partial charge is 0.497 e. The van der Waals surface area contributed by atoms with Gasteiger partial charge in [-0.2, -0.15) is 0 Å². The third-order valence-corrected chi connectivity index (χ3v) is 5.70. The van der Waals surface area contributed by atoms with E-state index < -0.39 is 11.4 Å². The Bertz CT molecular complexity index is 934. The number of nitrogens with zero attached hydrogens (tertiary/aromatic N) is 1. The Hall–Kier alpha value is -2.91. The van der Waals surface area contributed by atoms with E-state index in [1.54, 1.807) is 31.5 Å². The quantitative estimate of drug-likeness (QED) is 0.567. The molecule has 2 heterocycles. The summed E-state index contributed by atoms with van der Waals surface area (Å²) < 4.78 is 5.26. The van der Waals surface area contributed by atoms with Crippen LogP contribution in [0, 0.1) is 23.7 Å². The second kappa shape index (κ2) is 8.41. The number of ether oxygens (including phenoxy) is 1. The Balaban J connectivity index is 1.82. The number of carboxylic acid groups (broad SMARTS) is 1. The number of fused-ring (bicyclic) bond motifs is 1. The van der Waals surface area contributed by atoms with Crippen LogP contribution in [0.5, 0.6) is 5.75 Å². The van der Waals surface area contributed by atoms with Crippen LogP contribution in [0.25, 0.3) is 10.9 Å². The zero-order valence-corrected chi connectivity index (χ0v) is 15.9. The molecule has 1 saturated heterocycles. The first kappa shape index (κ1) is 19.8. The zero-order chi connectivity index (χ0) is 20.1. The summed E-state index contributed by atoms with van der Waals surface area (Å²) in [5, 5.41) is 13.7. The number of aromatic nitrogens is 1. The molecule has 0 spiro atoms. The minimum absolute atomic E-state index is 0.0285. The van der Waals surface area contributed by atoms with E-state index in [1.807, 2.05) is 6.07 Å². The molecule has 2 N–H and O–H groups in total. The van der Waals surface area contributed by atoms with Gasteiger partial charge in [0.15, 0.2) is 5.78 Å². The second-order valence-corrected chi connectivity index (χ2v) is 7.21. The Morgan fingerprint density at radius 2 is 2.25 bits per heavy atom. The first-order valence-corrected chi connectivity index (χ1v) is 9.35. The van der Waals surface area contributed by atoms with Crippen molar-refractivity contribution in [1.82, 2.24) is 10.3 Å². The monoisotopic (exact) mass is 380 g/mol. The third kappa shape index (κ3) is 3.71. The fourth-order valence-electron chi connectivity index (χ4n) is 4.08. The fourth-order valence-corrected chi connectivity index (χ4v) is 4.08. The van der Waals surface area contributed by atoms with Gasteiger partial charge in [-0.15, -0.1) is 12.3 Å². The van der Waals surface area contributed by atoms with E-state index in [4.69, 9.17) is 11.2 Å². The number of benzene rings is 1. The van der Waals surface area contributed by atoms with Gasteiger partial charge in [0.1, 0.15) is 5.75 Å². The molecule has 1 fully saturated rings. The molecule has 1 aromatic heterocycles. The molecule has 6 heteroatoms. The highest BCUT2D eigenvalue weighted by Crippen LogP contribution is 2.39. The van der Waals surface area contributed by atoms with Gasteiger partial charge in [0, 0.05) is 36.5 Å². The summed E-state index contributed by atoms with van der Waals surface area (Å²) in [5.41, 5.74) is 0.285. The minimum atomic E-state index is -1.02. The molecule has 1 aromatic carbocycles. The van der Waals surface area contributed by atoms with Crippen LogP contribution in [-0.4, -0.2) is 42.0 Å². The molecule has 2 atom stereocenters. The first-order valence-electron chi connectivity index (χ1n) is 9.35. The van der Waals surface area contributed by atoms with Crippen molar-refractivity contribution in [3.63, 3.8) is 0 Å². The van der Waals surface area contributed by atoms with E-state index in [0.29, 0.717) is 30.7 Å². The number of Topliss-reactive ketones (excluding diaryl/α,β-unsaturated/α-hetero) is 1. The van der Waals surface area contributed by atoms with Crippen molar-refractivity contribution in [2.24, 2.45) is 11.3 Å². The lowest BCUT2D eigenvalue weighted by Crippen LogP contribution is -2.51. The predicted octanol–water partition coefficient (Wildman–Crippen LogP) is 2.91. The summed E-state index contributed by atoms with van der Waals surface area (Å²) in [6, 6.07) is 7.14. The normalized spacial score (nSPS) is 21.8. The van der Waals surface area contributed by atoms with E-state index in [0.717, 1.165) is 17.4 Å². The van der Waals surface area contributed by atoms with Crippen LogP contribution in [0.2, 0.25) is 0 Å². The Kier molecular flexibility index (Phi) is 5.96. The first-order chi connectivity index (χ1) is 13.5. The number of carboxylic acids is 1. The molecular weight excluding hydrogens is 356 g/mol. The maximum atomic E-state index is 13.0. The standard InChI is InChI=1S/C22H24N2O4/c1-3-10-22(21(26)27)14-23-11-8-15(22)4-7-20(25)17-9-12-24-19-6-5-16(28-2)13-18(17)19/h1,5-6,9,12-13,15,23H,4,7-8,10-11,14H2,2H3,(H,26,27)/t15-,22+/m1/s1. The Labute approximate surface area is 164 Å². The fraction of sp³-hybridized carbons (Fsp3) is 0.409. The number of carbonyl (C=O) groups excluding carboxylic acids is 1. The highest BCUT2D eigenvalue weighted by Gasteiger charge is 2.46. The number of rotatable bonds is 7. The van der Waals surface area contributed by atoms with E-state index in [1.165, 1.54) is 0 Å². The number of pyridine rings is 1. The van der Waals surface area contributed by atoms with E-state index in [2.05, 4.69) is 16.2 Å². The molecular formula is C22H24N2O4. The molecule has 0 saturated carbocycles. The highest BCUT2D eigenvalue weighted by molar-refractivity contribution is 6.07. The van der Waals surface area contributed by atoms with Gasteiger partial charge in [-0.25, -0.2) is 0 Å². The summed E-state index contributed by atoms with van der Waals surface area (Å²) >= 11 is 0. The number of hydrogen-bond acceptors (Lipinski definition) is 5. The van der Waals surface area contributed by atoms with Gasteiger partial charge in [0.05, 0.1) is 18.0 Å². The topological polar surface area (TPSA) is 88.5 Å².